The molecule has 22 heavy (non-hydrogen) atoms. The van der Waals surface area contributed by atoms with Crippen LogP contribution < -0.4 is 0 Å². The average molecular weight is 425 g/mol. The molecular weight excluding hydrogens is 425 g/mol. The van der Waals surface area contributed by atoms with Gasteiger partial charge in [-0.25, -0.2) is 9.59 Å². The lowest BCUT2D eigenvalue weighted by Crippen LogP contribution is -2.26. The van der Waals surface area contributed by atoms with Crippen LogP contribution >= 0.6 is 23.2 Å². The number of hydrogen-bond acceptors (Lipinski definition) is 8. The summed E-state index contributed by atoms with van der Waals surface area (Å²) >= 11 is 8.46. The standard InChI is InChI=1S/2C2ClF3O4S/c2*3-1(7)10-11(8,9)2(4,5)6. The van der Waals surface area contributed by atoms with Crippen molar-refractivity contribution in [2.75, 3.05) is 0 Å². The lowest BCUT2D eigenvalue weighted by molar-refractivity contribution is -0.0515. The van der Waals surface area contributed by atoms with Crippen molar-refractivity contribution in [3.05, 3.63) is 0 Å². The first-order valence-corrected chi connectivity index (χ1v) is 7.31. The molecule has 0 bridgehead atoms. The summed E-state index contributed by atoms with van der Waals surface area (Å²) < 4.78 is 112. The number of hydrogen-bond donors (Lipinski definition) is 0. The van der Waals surface area contributed by atoms with E-state index in [1.807, 2.05) is 0 Å². The highest BCUT2D eigenvalue weighted by atomic mass is 35.5. The summed E-state index contributed by atoms with van der Waals surface area (Å²) in [6.07, 6.45) is 0. The fourth-order valence-corrected chi connectivity index (χ4v) is 1.30. The molecule has 132 valence electrons. The second kappa shape index (κ2) is 7.51. The zero-order valence-electron chi connectivity index (χ0n) is 9.11. The summed E-state index contributed by atoms with van der Waals surface area (Å²) in [5.41, 5.74) is -15.4. The van der Waals surface area contributed by atoms with E-state index in [1.54, 1.807) is 0 Å². The fraction of sp³-hybridized carbons (Fsp3) is 0.500. The van der Waals surface area contributed by atoms with Crippen LogP contribution in [0.2, 0.25) is 0 Å². The Kier molecular flexibility index (Phi) is 7.95. The molecule has 18 heteroatoms. The van der Waals surface area contributed by atoms with Crippen LogP contribution in [-0.4, -0.2) is 38.7 Å². The molecule has 0 unspecified atom stereocenters. The summed E-state index contributed by atoms with van der Waals surface area (Å²) in [5.74, 6) is 0. The van der Waals surface area contributed by atoms with Crippen molar-refractivity contribution in [1.29, 1.82) is 0 Å². The predicted molar refractivity (Wildman–Crippen MR) is 54.6 cm³/mol. The van der Waals surface area contributed by atoms with Crippen LogP contribution in [0, 0.1) is 0 Å². The Morgan fingerprint density at radius 3 is 0.909 bits per heavy atom. The van der Waals surface area contributed by atoms with Crippen molar-refractivity contribution in [1.82, 2.24) is 0 Å². The van der Waals surface area contributed by atoms with Gasteiger partial charge in [0.2, 0.25) is 0 Å². The van der Waals surface area contributed by atoms with E-state index in [0.717, 1.165) is 0 Å². The zero-order chi connectivity index (χ0) is 18.6. The van der Waals surface area contributed by atoms with Gasteiger partial charge in [0.25, 0.3) is 0 Å². The minimum atomic E-state index is -5.88. The van der Waals surface area contributed by atoms with Gasteiger partial charge in [-0.1, -0.05) is 0 Å². The summed E-state index contributed by atoms with van der Waals surface area (Å²) in [5, 5.41) is 0. The van der Waals surface area contributed by atoms with Crippen LogP contribution in [0.25, 0.3) is 0 Å². The first-order valence-electron chi connectivity index (χ1n) is 3.74. The molecule has 0 aromatic rings. The number of halogens is 8. The highest BCUT2D eigenvalue weighted by molar-refractivity contribution is 7.88. The minimum Gasteiger partial charge on any atom is -0.326 e. The predicted octanol–water partition coefficient (Wildman–Crippen LogP) is 2.42. The molecule has 0 spiro atoms. The molecule has 0 saturated heterocycles. The van der Waals surface area contributed by atoms with Crippen LogP contribution in [-0.2, 0) is 28.6 Å². The molecular formula is C4Cl2F6O8S2. The number of alkyl halides is 6. The molecule has 0 fully saturated rings. The summed E-state index contributed by atoms with van der Waals surface area (Å²) in [6, 6.07) is 0. The Balaban J connectivity index is 0. The lowest BCUT2D eigenvalue weighted by atomic mass is 11.6. The van der Waals surface area contributed by atoms with Crippen LogP contribution in [0.5, 0.6) is 0 Å². The minimum absolute atomic E-state index is 2.05. The Bertz CT molecular complexity index is 562. The van der Waals surface area contributed by atoms with E-state index in [4.69, 9.17) is 0 Å². The van der Waals surface area contributed by atoms with Gasteiger partial charge < -0.3 is 8.37 Å². The highest BCUT2D eigenvalue weighted by Crippen LogP contribution is 2.25. The molecule has 0 amide bonds. The maximum absolute atomic E-state index is 11.3. The maximum atomic E-state index is 11.3. The van der Waals surface area contributed by atoms with Gasteiger partial charge in [-0.2, -0.15) is 43.2 Å². The maximum Gasteiger partial charge on any atom is 0.534 e. The topological polar surface area (TPSA) is 121 Å². The summed E-state index contributed by atoms with van der Waals surface area (Å²) in [4.78, 5) is 19.1. The third kappa shape index (κ3) is 8.44. The van der Waals surface area contributed by atoms with E-state index in [0.29, 0.717) is 0 Å². The third-order valence-electron chi connectivity index (χ3n) is 0.917. The van der Waals surface area contributed by atoms with Gasteiger partial charge in [-0.05, 0) is 0 Å². The molecule has 8 nitrogen and oxygen atoms in total. The highest BCUT2D eigenvalue weighted by Gasteiger charge is 2.50. The summed E-state index contributed by atoms with van der Waals surface area (Å²) in [6.45, 7) is 0. The fourth-order valence-electron chi connectivity index (χ4n) is 0.267. The van der Waals surface area contributed by atoms with Gasteiger partial charge in [0.1, 0.15) is 0 Å². The molecule has 0 radical (unpaired) electrons. The molecule has 0 aliphatic rings. The molecule has 0 aliphatic carbocycles. The summed E-state index contributed by atoms with van der Waals surface area (Å²) in [7, 11) is -11.8. The first kappa shape index (κ1) is 23.3. The van der Waals surface area contributed by atoms with E-state index in [2.05, 4.69) is 31.6 Å². The molecule has 0 N–H and O–H groups in total. The zero-order valence-corrected chi connectivity index (χ0v) is 12.3. The second-order valence-corrected chi connectivity index (χ2v) is 6.13. The normalized spacial score (nSPS) is 12.7. The van der Waals surface area contributed by atoms with Crippen molar-refractivity contribution in [2.45, 2.75) is 11.0 Å². The van der Waals surface area contributed by atoms with Crippen LogP contribution in [0.3, 0.4) is 0 Å². The number of carbonyl (C=O) groups is 2. The second-order valence-electron chi connectivity index (χ2n) is 2.44. The molecule has 0 rings (SSSR count). The number of carbonyl (C=O) groups excluding carboxylic acids is 2. The van der Waals surface area contributed by atoms with E-state index >= 15 is 0 Å². The monoisotopic (exact) mass is 424 g/mol. The van der Waals surface area contributed by atoms with Crippen LogP contribution in [0.4, 0.5) is 35.9 Å². The van der Waals surface area contributed by atoms with Gasteiger partial charge >= 0.3 is 42.1 Å². The number of rotatable bonds is 2. The Labute approximate surface area is 127 Å². The first-order chi connectivity index (χ1) is 9.33. The molecule has 0 aliphatic heterocycles. The van der Waals surface area contributed by atoms with Gasteiger partial charge in [0.15, 0.2) is 0 Å². The molecule has 0 aromatic heterocycles. The SMILES string of the molecule is O=C(Cl)OS(=O)(=O)C(F)(F)F.O=C(Cl)OS(=O)(=O)C(F)(F)F. The molecule has 0 heterocycles. The molecule has 0 atom stereocenters. The van der Waals surface area contributed by atoms with E-state index < -0.39 is 42.1 Å². The van der Waals surface area contributed by atoms with E-state index in [-0.39, 0.29) is 0 Å². The van der Waals surface area contributed by atoms with Gasteiger partial charge in [0.05, 0.1) is 0 Å². The van der Waals surface area contributed by atoms with Gasteiger partial charge in [-0.15, -0.1) is 0 Å². The van der Waals surface area contributed by atoms with Crippen LogP contribution in [0.1, 0.15) is 0 Å². The van der Waals surface area contributed by atoms with E-state index in [9.17, 15) is 52.8 Å². The average Bonchev–Trinajstić information content (AvgIpc) is 2.09. The van der Waals surface area contributed by atoms with Gasteiger partial charge in [0, 0.05) is 23.2 Å². The van der Waals surface area contributed by atoms with Crippen molar-refractivity contribution < 1.29 is 61.1 Å². The quantitative estimate of drug-likeness (QED) is 0.286. The van der Waals surface area contributed by atoms with Crippen LogP contribution in [0.15, 0.2) is 0 Å². The van der Waals surface area contributed by atoms with Gasteiger partial charge in [-0.3, -0.25) is 0 Å². The molecule has 0 aromatic carbocycles. The van der Waals surface area contributed by atoms with E-state index in [1.165, 1.54) is 0 Å². The Morgan fingerprint density at radius 1 is 0.682 bits per heavy atom. The Morgan fingerprint density at radius 2 is 0.864 bits per heavy atom. The Hall–Kier alpha value is -1.00. The lowest BCUT2D eigenvalue weighted by Gasteiger charge is -2.04. The largest absolute Gasteiger partial charge is 0.534 e. The van der Waals surface area contributed by atoms with Crippen molar-refractivity contribution in [3.63, 3.8) is 0 Å². The molecule has 0 saturated carbocycles. The third-order valence-corrected chi connectivity index (χ3v) is 3.13. The van der Waals surface area contributed by atoms with Crippen molar-refractivity contribution >= 4 is 54.3 Å². The smallest absolute Gasteiger partial charge is 0.326 e. The van der Waals surface area contributed by atoms with Crippen molar-refractivity contribution in [2.24, 2.45) is 0 Å². The van der Waals surface area contributed by atoms with Crippen molar-refractivity contribution in [3.8, 4) is 0 Å².